The molecule has 0 spiro atoms. The van der Waals surface area contributed by atoms with E-state index in [2.05, 4.69) is 15.3 Å². The quantitative estimate of drug-likeness (QED) is 0.433. The van der Waals surface area contributed by atoms with Gasteiger partial charge in [0.15, 0.2) is 0 Å². The predicted octanol–water partition coefficient (Wildman–Crippen LogP) is 5.53. The first-order valence-electron chi connectivity index (χ1n) is 11.2. The topological polar surface area (TPSA) is 81.2 Å². The summed E-state index contributed by atoms with van der Waals surface area (Å²) in [4.78, 5) is 32.6. The molecule has 0 atom stereocenters. The first-order valence-corrected chi connectivity index (χ1v) is 11.2. The van der Waals surface area contributed by atoms with Crippen LogP contribution in [0.25, 0.3) is 0 Å². The van der Waals surface area contributed by atoms with Crippen molar-refractivity contribution in [3.05, 3.63) is 76.9 Å². The maximum Gasteiger partial charge on any atom is 0.273 e. The van der Waals surface area contributed by atoms with Crippen molar-refractivity contribution in [3.8, 4) is 11.6 Å². The van der Waals surface area contributed by atoms with Crippen LogP contribution in [0.3, 0.4) is 0 Å². The third-order valence-corrected chi connectivity index (χ3v) is 5.60. The molecule has 1 saturated carbocycles. The summed E-state index contributed by atoms with van der Waals surface area (Å²) < 4.78 is 46.7. The van der Waals surface area contributed by atoms with Crippen LogP contribution in [0.2, 0.25) is 0 Å². The zero-order valence-corrected chi connectivity index (χ0v) is 19.3. The number of halogens is 3. The molecule has 0 bridgehead atoms. The van der Waals surface area contributed by atoms with Crippen molar-refractivity contribution in [2.24, 2.45) is 5.92 Å². The van der Waals surface area contributed by atoms with Crippen molar-refractivity contribution in [2.45, 2.75) is 45.5 Å². The average molecular weight is 483 g/mol. The lowest BCUT2D eigenvalue weighted by Gasteiger charge is -2.13. The summed E-state index contributed by atoms with van der Waals surface area (Å²) in [6.45, 7) is 2.44. The molecule has 3 aromatic rings. The maximum atomic E-state index is 13.7. The lowest BCUT2D eigenvalue weighted by atomic mass is 9.98. The van der Waals surface area contributed by atoms with Crippen LogP contribution in [0.15, 0.2) is 48.8 Å². The smallest absolute Gasteiger partial charge is 0.273 e. The molecule has 1 heterocycles. The van der Waals surface area contributed by atoms with Crippen molar-refractivity contribution in [1.29, 1.82) is 0 Å². The van der Waals surface area contributed by atoms with Gasteiger partial charge in [-0.1, -0.05) is 18.2 Å². The lowest BCUT2D eigenvalue weighted by molar-refractivity contribution is -0.118. The van der Waals surface area contributed by atoms with Crippen LogP contribution in [-0.2, 0) is 28.4 Å². The molecule has 0 saturated heterocycles. The summed E-state index contributed by atoms with van der Waals surface area (Å²) in [6, 6.07) is 10.1. The molecule has 1 aromatic heterocycles. The summed E-state index contributed by atoms with van der Waals surface area (Å²) in [5.74, 6) is -3.40. The number of hydrogen-bond donors (Lipinski definition) is 1. The van der Waals surface area contributed by atoms with Crippen LogP contribution in [0, 0.1) is 18.7 Å². The van der Waals surface area contributed by atoms with Gasteiger partial charge in [0.1, 0.15) is 29.5 Å². The van der Waals surface area contributed by atoms with Crippen molar-refractivity contribution >= 4 is 17.5 Å². The first kappa shape index (κ1) is 24.4. The fraction of sp³-hybridized carbons (Fsp3) is 0.308. The van der Waals surface area contributed by atoms with Crippen LogP contribution < -0.4 is 10.1 Å². The summed E-state index contributed by atoms with van der Waals surface area (Å²) >= 11 is 0. The van der Waals surface area contributed by atoms with E-state index in [1.54, 1.807) is 18.2 Å². The van der Waals surface area contributed by atoms with Gasteiger partial charge in [-0.15, -0.1) is 0 Å². The molecule has 1 aliphatic carbocycles. The monoisotopic (exact) mass is 483 g/mol. The van der Waals surface area contributed by atoms with Crippen LogP contribution >= 0.6 is 0 Å². The number of rotatable bonds is 9. The Balaban J connectivity index is 1.39. The number of aromatic nitrogens is 2. The van der Waals surface area contributed by atoms with Gasteiger partial charge in [-0.3, -0.25) is 9.59 Å². The van der Waals surface area contributed by atoms with E-state index >= 15 is 0 Å². The summed E-state index contributed by atoms with van der Waals surface area (Å²) in [7, 11) is 0. The van der Waals surface area contributed by atoms with Gasteiger partial charge in [0.25, 0.3) is 5.92 Å². The first-order chi connectivity index (χ1) is 16.6. The molecule has 1 amide bonds. The molecule has 2 aromatic carbocycles. The number of carbonyl (C=O) groups is 2. The second-order valence-corrected chi connectivity index (χ2v) is 8.80. The van der Waals surface area contributed by atoms with Crippen LogP contribution in [0.1, 0.15) is 42.0 Å². The van der Waals surface area contributed by atoms with E-state index in [4.69, 9.17) is 4.74 Å². The summed E-state index contributed by atoms with van der Waals surface area (Å²) in [5.41, 5.74) is 1.09. The third kappa shape index (κ3) is 6.44. The molecule has 9 heteroatoms. The van der Waals surface area contributed by atoms with Gasteiger partial charge in [-0.2, -0.15) is 0 Å². The Labute approximate surface area is 200 Å². The fourth-order valence-corrected chi connectivity index (χ4v) is 3.62. The van der Waals surface area contributed by atoms with Crippen molar-refractivity contribution < 1.29 is 27.5 Å². The SMILES string of the molecule is Cc1cc(CC(=O)Cc2ccc(F)c(C(C)(F)F)c2)ccc1Oc1cc(NC(=O)C2CC2)ncn1. The molecule has 6 nitrogen and oxygen atoms in total. The molecule has 4 rings (SSSR count). The van der Waals surface area contributed by atoms with Gasteiger partial charge in [0.05, 0.1) is 5.56 Å². The minimum atomic E-state index is -3.33. The summed E-state index contributed by atoms with van der Waals surface area (Å²) in [5, 5.41) is 2.74. The third-order valence-electron chi connectivity index (χ3n) is 5.60. The predicted molar refractivity (Wildman–Crippen MR) is 123 cm³/mol. The van der Waals surface area contributed by atoms with Crippen LogP contribution in [0.5, 0.6) is 11.6 Å². The Bertz CT molecular complexity index is 1270. The Hall–Kier alpha value is -3.75. The molecule has 1 fully saturated rings. The minimum Gasteiger partial charge on any atom is -0.439 e. The van der Waals surface area contributed by atoms with Crippen LogP contribution in [0.4, 0.5) is 19.0 Å². The van der Waals surface area contributed by atoms with E-state index in [9.17, 15) is 22.8 Å². The molecule has 1 N–H and O–H groups in total. The number of carbonyl (C=O) groups excluding carboxylic acids is 2. The number of nitrogens with zero attached hydrogens (tertiary/aromatic N) is 2. The molecule has 0 unspecified atom stereocenters. The van der Waals surface area contributed by atoms with Crippen molar-refractivity contribution in [1.82, 2.24) is 9.97 Å². The largest absolute Gasteiger partial charge is 0.439 e. The van der Waals surface area contributed by atoms with Crippen molar-refractivity contribution in [2.75, 3.05) is 5.32 Å². The number of alkyl halides is 2. The van der Waals surface area contributed by atoms with Crippen LogP contribution in [-0.4, -0.2) is 21.7 Å². The maximum absolute atomic E-state index is 13.7. The molecule has 1 aliphatic rings. The number of ketones is 1. The van der Waals surface area contributed by atoms with E-state index in [0.717, 1.165) is 36.1 Å². The normalized spacial score (nSPS) is 13.4. The second kappa shape index (κ2) is 9.85. The van der Waals surface area contributed by atoms with E-state index in [1.807, 2.05) is 6.92 Å². The fourth-order valence-electron chi connectivity index (χ4n) is 3.62. The number of amides is 1. The Morgan fingerprint density at radius 2 is 1.74 bits per heavy atom. The number of ether oxygens (including phenoxy) is 1. The zero-order valence-electron chi connectivity index (χ0n) is 19.3. The molecular formula is C26H24F3N3O3. The molecule has 182 valence electrons. The van der Waals surface area contributed by atoms with Gasteiger partial charge in [0, 0.05) is 31.7 Å². The van der Waals surface area contributed by atoms with Gasteiger partial charge >= 0.3 is 0 Å². The number of aryl methyl sites for hydroxylation is 1. The van der Waals surface area contributed by atoms with E-state index < -0.39 is 17.3 Å². The van der Waals surface area contributed by atoms with E-state index in [0.29, 0.717) is 24.1 Å². The number of anilines is 1. The van der Waals surface area contributed by atoms with E-state index in [-0.39, 0.29) is 36.3 Å². The Morgan fingerprint density at radius 1 is 1.06 bits per heavy atom. The molecule has 35 heavy (non-hydrogen) atoms. The Kier molecular flexibility index (Phi) is 6.86. The molecule has 0 radical (unpaired) electrons. The highest BCUT2D eigenvalue weighted by Gasteiger charge is 2.30. The number of hydrogen-bond acceptors (Lipinski definition) is 5. The Morgan fingerprint density at radius 3 is 2.40 bits per heavy atom. The number of nitrogens with one attached hydrogen (secondary N) is 1. The number of Topliss-reactive ketones (excluding diaryl/α,β-unsaturated/α-hetero) is 1. The highest BCUT2D eigenvalue weighted by atomic mass is 19.3. The van der Waals surface area contributed by atoms with Gasteiger partial charge in [-0.25, -0.2) is 23.1 Å². The van der Waals surface area contributed by atoms with Gasteiger partial charge < -0.3 is 10.1 Å². The van der Waals surface area contributed by atoms with Gasteiger partial charge in [-0.05, 0) is 54.7 Å². The van der Waals surface area contributed by atoms with E-state index in [1.165, 1.54) is 18.5 Å². The average Bonchev–Trinajstić information content (AvgIpc) is 3.62. The highest BCUT2D eigenvalue weighted by molar-refractivity contribution is 5.93. The standard InChI is InChI=1S/C26H24F3N3O3/c1-15-9-16(10-19(33)11-17-3-7-21(27)20(12-17)26(2,28)29)4-8-22(15)35-24-13-23(30-14-31-24)32-25(34)18-5-6-18/h3-4,7-9,12-14,18H,5-6,10-11H2,1-2H3,(H,30,31,32,34). The van der Waals surface area contributed by atoms with Crippen molar-refractivity contribution in [3.63, 3.8) is 0 Å². The highest BCUT2D eigenvalue weighted by Crippen LogP contribution is 2.31. The number of benzene rings is 2. The zero-order chi connectivity index (χ0) is 25.2. The summed E-state index contributed by atoms with van der Waals surface area (Å²) in [6.07, 6.45) is 3.06. The van der Waals surface area contributed by atoms with Gasteiger partial charge in [0.2, 0.25) is 11.8 Å². The molecule has 0 aliphatic heterocycles. The lowest BCUT2D eigenvalue weighted by Crippen LogP contribution is -2.14. The minimum absolute atomic E-state index is 0.0459. The second-order valence-electron chi connectivity index (χ2n) is 8.80. The molecular weight excluding hydrogens is 459 g/mol.